The third kappa shape index (κ3) is 5.55. The van der Waals surface area contributed by atoms with Crippen LogP contribution in [0, 0.1) is 0 Å². The summed E-state index contributed by atoms with van der Waals surface area (Å²) < 4.78 is 11.1. The van der Waals surface area contributed by atoms with Gasteiger partial charge in [0.15, 0.2) is 5.84 Å². The maximum Gasteiger partial charge on any atom is 0.235 e. The number of benzene rings is 1. The first kappa shape index (κ1) is 17.2. The van der Waals surface area contributed by atoms with Crippen LogP contribution < -0.4 is 11.1 Å². The zero-order valence-corrected chi connectivity index (χ0v) is 13.0. The maximum atomic E-state index is 12.3. The third-order valence-corrected chi connectivity index (χ3v) is 3.84. The number of nitrogens with two attached hydrogens (primary N) is 1. The average molecular weight is 311 g/mol. The Bertz CT molecular complexity index is 519. The Morgan fingerprint density at radius 2 is 2.05 bits per heavy atom. The molecular weight excluding hydrogens is 290 g/mol. The van der Waals surface area contributed by atoms with Gasteiger partial charge in [0.1, 0.15) is 5.92 Å². The smallest absolute Gasteiger partial charge is 0.235 e. The van der Waals surface area contributed by atoms with Gasteiger partial charge in [-0.1, -0.05) is 35.5 Å². The Balaban J connectivity index is 2.80. The lowest BCUT2D eigenvalue weighted by atomic mass is 9.96. The summed E-state index contributed by atoms with van der Waals surface area (Å²) in [6.07, 6.45) is 2.23. The molecule has 7 heteroatoms. The van der Waals surface area contributed by atoms with E-state index in [1.165, 1.54) is 0 Å². The van der Waals surface area contributed by atoms with Crippen molar-refractivity contribution in [3.05, 3.63) is 35.9 Å². The second-order valence-corrected chi connectivity index (χ2v) is 6.40. The van der Waals surface area contributed by atoms with E-state index in [2.05, 4.69) is 10.5 Å². The molecule has 0 heterocycles. The quantitative estimate of drug-likeness (QED) is 0.300. The van der Waals surface area contributed by atoms with Crippen LogP contribution >= 0.6 is 0 Å². The molecule has 0 saturated carbocycles. The molecule has 1 aromatic carbocycles. The van der Waals surface area contributed by atoms with Gasteiger partial charge >= 0.3 is 0 Å². The summed E-state index contributed by atoms with van der Waals surface area (Å²) in [4.78, 5) is 12.3. The minimum absolute atomic E-state index is 0.140. The zero-order valence-electron chi connectivity index (χ0n) is 12.2. The van der Waals surface area contributed by atoms with Gasteiger partial charge in [-0.2, -0.15) is 0 Å². The van der Waals surface area contributed by atoms with E-state index < -0.39 is 16.7 Å². The molecule has 21 heavy (non-hydrogen) atoms. The molecule has 0 aliphatic heterocycles. The molecule has 0 aromatic heterocycles. The number of nitrogens with one attached hydrogen (secondary N) is 1. The van der Waals surface area contributed by atoms with Crippen molar-refractivity contribution in [2.45, 2.75) is 25.3 Å². The van der Waals surface area contributed by atoms with Crippen LogP contribution in [-0.4, -0.2) is 39.2 Å². The van der Waals surface area contributed by atoms with Gasteiger partial charge in [-0.05, 0) is 18.9 Å². The molecule has 3 atom stereocenters. The highest BCUT2D eigenvalue weighted by atomic mass is 32.2. The molecular formula is C14H21N3O3S. The molecule has 4 N–H and O–H groups in total. The summed E-state index contributed by atoms with van der Waals surface area (Å²) in [5, 5.41) is 14.6. The van der Waals surface area contributed by atoms with Crippen LogP contribution in [-0.2, 0) is 15.6 Å². The number of oxime groups is 1. The molecule has 0 aliphatic rings. The van der Waals surface area contributed by atoms with Crippen LogP contribution in [0.15, 0.2) is 35.5 Å². The van der Waals surface area contributed by atoms with Crippen molar-refractivity contribution in [2.24, 2.45) is 10.9 Å². The van der Waals surface area contributed by atoms with Crippen molar-refractivity contribution < 1.29 is 14.2 Å². The van der Waals surface area contributed by atoms with Gasteiger partial charge in [-0.15, -0.1) is 0 Å². The third-order valence-electron chi connectivity index (χ3n) is 3.03. The molecule has 0 radical (unpaired) electrons. The molecule has 1 amide bonds. The number of hydrogen-bond acceptors (Lipinski definition) is 4. The van der Waals surface area contributed by atoms with Crippen LogP contribution in [0.3, 0.4) is 0 Å². The average Bonchev–Trinajstić information content (AvgIpc) is 2.46. The minimum Gasteiger partial charge on any atom is -0.409 e. The lowest BCUT2D eigenvalue weighted by Gasteiger charge is -2.19. The van der Waals surface area contributed by atoms with E-state index >= 15 is 0 Å². The van der Waals surface area contributed by atoms with Crippen LogP contribution in [0.5, 0.6) is 0 Å². The molecule has 0 spiro atoms. The Kier molecular flexibility index (Phi) is 6.87. The summed E-state index contributed by atoms with van der Waals surface area (Å²) in [6.45, 7) is 1.83. The number of carbonyl (C=O) groups excluding carboxylic acids is 1. The highest BCUT2D eigenvalue weighted by molar-refractivity contribution is 7.84. The Hall–Kier alpha value is -1.89. The van der Waals surface area contributed by atoms with E-state index in [-0.39, 0.29) is 17.8 Å². The fraction of sp³-hybridized carbons (Fsp3) is 0.429. The molecule has 3 unspecified atom stereocenters. The summed E-state index contributed by atoms with van der Waals surface area (Å²) in [7, 11) is -0.898. The molecule has 6 nitrogen and oxygen atoms in total. The van der Waals surface area contributed by atoms with Gasteiger partial charge in [0.05, 0.1) is 0 Å². The van der Waals surface area contributed by atoms with Crippen LogP contribution in [0.4, 0.5) is 0 Å². The first-order valence-corrected chi connectivity index (χ1v) is 8.31. The Labute approximate surface area is 126 Å². The van der Waals surface area contributed by atoms with Crippen molar-refractivity contribution in [2.75, 3.05) is 12.0 Å². The molecule has 116 valence electrons. The van der Waals surface area contributed by atoms with Gasteiger partial charge in [0, 0.05) is 28.9 Å². The van der Waals surface area contributed by atoms with Gasteiger partial charge < -0.3 is 16.3 Å². The van der Waals surface area contributed by atoms with Crippen molar-refractivity contribution >= 4 is 22.5 Å². The molecule has 1 aromatic rings. The summed E-state index contributed by atoms with van der Waals surface area (Å²) in [6, 6.07) is 8.74. The molecule has 0 aliphatic carbocycles. The summed E-state index contributed by atoms with van der Waals surface area (Å²) >= 11 is 0. The SMILES string of the molecule is CC(CCS(C)=O)NC(=O)C(/C(N)=N/O)c1ccccc1. The lowest BCUT2D eigenvalue weighted by Crippen LogP contribution is -2.41. The molecule has 0 bridgehead atoms. The predicted molar refractivity (Wildman–Crippen MR) is 83.7 cm³/mol. The highest BCUT2D eigenvalue weighted by Crippen LogP contribution is 2.16. The Morgan fingerprint density at radius 3 is 2.57 bits per heavy atom. The maximum absolute atomic E-state index is 12.3. The van der Waals surface area contributed by atoms with E-state index in [0.717, 1.165) is 0 Å². The monoisotopic (exact) mass is 311 g/mol. The van der Waals surface area contributed by atoms with Crippen molar-refractivity contribution in [1.29, 1.82) is 0 Å². The summed E-state index contributed by atoms with van der Waals surface area (Å²) in [5.41, 5.74) is 6.29. The second kappa shape index (κ2) is 8.41. The fourth-order valence-electron chi connectivity index (χ4n) is 1.90. The minimum atomic E-state index is -0.898. The second-order valence-electron chi connectivity index (χ2n) is 4.84. The van der Waals surface area contributed by atoms with Crippen molar-refractivity contribution in [3.8, 4) is 0 Å². The van der Waals surface area contributed by atoms with Crippen LogP contribution in [0.1, 0.15) is 24.8 Å². The van der Waals surface area contributed by atoms with E-state index in [4.69, 9.17) is 10.9 Å². The Morgan fingerprint density at radius 1 is 1.43 bits per heavy atom. The zero-order chi connectivity index (χ0) is 15.8. The van der Waals surface area contributed by atoms with E-state index in [0.29, 0.717) is 17.7 Å². The highest BCUT2D eigenvalue weighted by Gasteiger charge is 2.26. The normalized spacial score (nSPS) is 16.0. The molecule has 1 rings (SSSR count). The number of nitrogens with zero attached hydrogens (tertiary/aromatic N) is 1. The van der Waals surface area contributed by atoms with Crippen LogP contribution in [0.25, 0.3) is 0 Å². The van der Waals surface area contributed by atoms with E-state index in [1.807, 2.05) is 13.0 Å². The first-order valence-electron chi connectivity index (χ1n) is 6.58. The molecule has 0 fully saturated rings. The first-order chi connectivity index (χ1) is 9.95. The van der Waals surface area contributed by atoms with Gasteiger partial charge in [0.2, 0.25) is 5.91 Å². The number of amides is 1. The van der Waals surface area contributed by atoms with E-state index in [1.54, 1.807) is 30.5 Å². The molecule has 0 saturated heterocycles. The fourth-order valence-corrected chi connectivity index (χ4v) is 2.59. The van der Waals surface area contributed by atoms with Gasteiger partial charge in [-0.25, -0.2) is 0 Å². The number of rotatable bonds is 7. The van der Waals surface area contributed by atoms with Gasteiger partial charge in [-0.3, -0.25) is 9.00 Å². The lowest BCUT2D eigenvalue weighted by molar-refractivity contribution is -0.121. The van der Waals surface area contributed by atoms with Crippen molar-refractivity contribution in [3.63, 3.8) is 0 Å². The van der Waals surface area contributed by atoms with Crippen molar-refractivity contribution in [1.82, 2.24) is 5.32 Å². The van der Waals surface area contributed by atoms with E-state index in [9.17, 15) is 9.00 Å². The predicted octanol–water partition coefficient (Wildman–Crippen LogP) is 0.790. The number of hydrogen-bond donors (Lipinski definition) is 3. The van der Waals surface area contributed by atoms with Gasteiger partial charge in [0.25, 0.3) is 0 Å². The standard InChI is InChI=1S/C14H21N3O3S/c1-10(8-9-21(2)20)16-14(18)12(13(15)17-19)11-6-4-3-5-7-11/h3-7,10,12,19H,8-9H2,1-2H3,(H2,15,17)(H,16,18). The largest absolute Gasteiger partial charge is 0.409 e. The topological polar surface area (TPSA) is 105 Å². The number of amidine groups is 1. The number of carbonyl (C=O) groups is 1. The van der Waals surface area contributed by atoms with Crippen LogP contribution in [0.2, 0.25) is 0 Å². The summed E-state index contributed by atoms with van der Waals surface area (Å²) in [5.74, 6) is -0.831.